The first kappa shape index (κ1) is 10.5. The number of carbonyl (C=O) groups is 1. The zero-order chi connectivity index (χ0) is 11.5. The van der Waals surface area contributed by atoms with Crippen molar-refractivity contribution in [3.05, 3.63) is 42.1 Å². The number of phenolic OH excluding ortho intramolecular Hbond substituents is 1. The molecule has 0 aliphatic carbocycles. The second kappa shape index (κ2) is 4.26. The molecule has 1 aromatic rings. The quantitative estimate of drug-likeness (QED) is 0.679. The molecule has 1 aromatic carbocycles. The molecule has 0 aromatic heterocycles. The van der Waals surface area contributed by atoms with Crippen molar-refractivity contribution in [2.24, 2.45) is 0 Å². The van der Waals surface area contributed by atoms with Gasteiger partial charge in [-0.05, 0) is 17.7 Å². The molecule has 0 unspecified atom stereocenters. The molecule has 1 fully saturated rings. The highest BCUT2D eigenvalue weighted by atomic mass is 16.3. The van der Waals surface area contributed by atoms with Gasteiger partial charge in [0.2, 0.25) is 5.91 Å². The first-order valence-corrected chi connectivity index (χ1v) is 5.15. The number of rotatable bonds is 2. The molecule has 1 atom stereocenters. The summed E-state index contributed by atoms with van der Waals surface area (Å²) in [7, 11) is 0. The van der Waals surface area contributed by atoms with Crippen molar-refractivity contribution in [2.45, 2.75) is 12.5 Å². The lowest BCUT2D eigenvalue weighted by Gasteiger charge is -2.26. The van der Waals surface area contributed by atoms with E-state index in [1.165, 1.54) is 0 Å². The third kappa shape index (κ3) is 2.34. The van der Waals surface area contributed by atoms with E-state index >= 15 is 0 Å². The van der Waals surface area contributed by atoms with Crippen LogP contribution in [-0.4, -0.2) is 23.6 Å². The number of hydrogen-bond donors (Lipinski definition) is 3. The summed E-state index contributed by atoms with van der Waals surface area (Å²) in [5, 5.41) is 15.0. The Labute approximate surface area is 94.0 Å². The summed E-state index contributed by atoms with van der Waals surface area (Å²) >= 11 is 0. The number of nitrogens with one attached hydrogen (secondary N) is 2. The van der Waals surface area contributed by atoms with Gasteiger partial charge in [0.15, 0.2) is 0 Å². The van der Waals surface area contributed by atoms with Gasteiger partial charge < -0.3 is 15.7 Å². The van der Waals surface area contributed by atoms with E-state index in [-0.39, 0.29) is 17.7 Å². The van der Waals surface area contributed by atoms with Gasteiger partial charge in [0.1, 0.15) is 11.8 Å². The maximum atomic E-state index is 11.5. The standard InChI is InChI=1S/C12H14N2O2/c1-8-7-13-12(16)11(14-8)6-9-2-4-10(15)5-3-9/h2-5,11,14-15H,1,6-7H2,(H,13,16)/t11-/m1/s1. The lowest BCUT2D eigenvalue weighted by molar-refractivity contribution is -0.123. The summed E-state index contributed by atoms with van der Waals surface area (Å²) in [6.45, 7) is 4.28. The van der Waals surface area contributed by atoms with Crippen molar-refractivity contribution in [3.8, 4) is 5.75 Å². The Morgan fingerprint density at radius 1 is 1.38 bits per heavy atom. The van der Waals surface area contributed by atoms with E-state index in [1.807, 2.05) is 12.1 Å². The monoisotopic (exact) mass is 218 g/mol. The summed E-state index contributed by atoms with van der Waals surface area (Å²) in [4.78, 5) is 11.5. The Bertz CT molecular complexity index is 412. The second-order valence-corrected chi connectivity index (χ2v) is 3.89. The number of carbonyl (C=O) groups excluding carboxylic acids is 1. The normalized spacial score (nSPS) is 20.1. The van der Waals surface area contributed by atoms with E-state index in [1.54, 1.807) is 12.1 Å². The van der Waals surface area contributed by atoms with E-state index in [0.29, 0.717) is 13.0 Å². The fourth-order valence-corrected chi connectivity index (χ4v) is 1.69. The van der Waals surface area contributed by atoms with E-state index < -0.39 is 0 Å². The third-order valence-electron chi connectivity index (χ3n) is 2.55. The number of amides is 1. The number of aromatic hydroxyl groups is 1. The number of phenols is 1. The highest BCUT2D eigenvalue weighted by Crippen LogP contribution is 2.12. The molecule has 16 heavy (non-hydrogen) atoms. The predicted molar refractivity (Wildman–Crippen MR) is 60.9 cm³/mol. The van der Waals surface area contributed by atoms with Crippen LogP contribution >= 0.6 is 0 Å². The Kier molecular flexibility index (Phi) is 2.81. The fraction of sp³-hybridized carbons (Fsp3) is 0.250. The lowest BCUT2D eigenvalue weighted by Crippen LogP contribution is -2.52. The highest BCUT2D eigenvalue weighted by molar-refractivity contribution is 5.83. The molecule has 0 bridgehead atoms. The van der Waals surface area contributed by atoms with Gasteiger partial charge in [0.25, 0.3) is 0 Å². The van der Waals surface area contributed by atoms with Crippen molar-refractivity contribution in [1.29, 1.82) is 0 Å². The molecule has 1 heterocycles. The van der Waals surface area contributed by atoms with Crippen LogP contribution in [0.25, 0.3) is 0 Å². The van der Waals surface area contributed by atoms with Gasteiger partial charge in [0.05, 0.1) is 6.54 Å². The van der Waals surface area contributed by atoms with Crippen LogP contribution in [0, 0.1) is 0 Å². The summed E-state index contributed by atoms with van der Waals surface area (Å²) in [6.07, 6.45) is 0.588. The van der Waals surface area contributed by atoms with Gasteiger partial charge in [0, 0.05) is 12.1 Å². The summed E-state index contributed by atoms with van der Waals surface area (Å²) in [5.74, 6) is 0.217. The highest BCUT2D eigenvalue weighted by Gasteiger charge is 2.22. The molecule has 2 rings (SSSR count). The molecular weight excluding hydrogens is 204 g/mol. The minimum atomic E-state index is -0.272. The summed E-state index contributed by atoms with van der Waals surface area (Å²) in [6, 6.07) is 6.57. The average Bonchev–Trinajstić information content (AvgIpc) is 2.27. The number of hydrogen-bond acceptors (Lipinski definition) is 3. The van der Waals surface area contributed by atoms with E-state index in [2.05, 4.69) is 17.2 Å². The minimum absolute atomic E-state index is 0.0134. The van der Waals surface area contributed by atoms with Crippen LogP contribution < -0.4 is 10.6 Å². The first-order valence-electron chi connectivity index (χ1n) is 5.15. The maximum Gasteiger partial charge on any atom is 0.243 e. The molecule has 84 valence electrons. The Morgan fingerprint density at radius 2 is 2.06 bits per heavy atom. The van der Waals surface area contributed by atoms with Crippen LogP contribution in [0.4, 0.5) is 0 Å². The molecule has 0 saturated carbocycles. The van der Waals surface area contributed by atoms with Crippen LogP contribution in [0.3, 0.4) is 0 Å². The van der Waals surface area contributed by atoms with Gasteiger partial charge in [-0.25, -0.2) is 0 Å². The van der Waals surface area contributed by atoms with Gasteiger partial charge in [-0.3, -0.25) is 4.79 Å². The minimum Gasteiger partial charge on any atom is -0.508 e. The average molecular weight is 218 g/mol. The van der Waals surface area contributed by atoms with Crippen LogP contribution in [0.2, 0.25) is 0 Å². The van der Waals surface area contributed by atoms with Crippen LogP contribution in [0.1, 0.15) is 5.56 Å². The predicted octanol–water partition coefficient (Wildman–Crippen LogP) is 0.536. The zero-order valence-electron chi connectivity index (χ0n) is 8.86. The fourth-order valence-electron chi connectivity index (χ4n) is 1.69. The van der Waals surface area contributed by atoms with Crippen molar-refractivity contribution in [2.75, 3.05) is 6.54 Å². The molecule has 0 radical (unpaired) electrons. The van der Waals surface area contributed by atoms with Crippen LogP contribution in [0.5, 0.6) is 5.75 Å². The van der Waals surface area contributed by atoms with Gasteiger partial charge in [-0.2, -0.15) is 0 Å². The number of piperazine rings is 1. The topological polar surface area (TPSA) is 61.4 Å². The maximum absolute atomic E-state index is 11.5. The van der Waals surface area contributed by atoms with Crippen LogP contribution in [0.15, 0.2) is 36.5 Å². The molecule has 4 nitrogen and oxygen atoms in total. The van der Waals surface area contributed by atoms with E-state index in [0.717, 1.165) is 11.3 Å². The second-order valence-electron chi connectivity index (χ2n) is 3.89. The van der Waals surface area contributed by atoms with Gasteiger partial charge in [-0.15, -0.1) is 0 Å². The SMILES string of the molecule is C=C1CNC(=O)[C@@H](Cc2ccc(O)cc2)N1. The molecule has 4 heteroatoms. The molecule has 1 saturated heterocycles. The van der Waals surface area contributed by atoms with Crippen molar-refractivity contribution in [3.63, 3.8) is 0 Å². The van der Waals surface area contributed by atoms with Crippen molar-refractivity contribution >= 4 is 5.91 Å². The van der Waals surface area contributed by atoms with Crippen molar-refractivity contribution in [1.82, 2.24) is 10.6 Å². The molecule has 1 aliphatic heterocycles. The van der Waals surface area contributed by atoms with Gasteiger partial charge in [-0.1, -0.05) is 18.7 Å². The summed E-state index contributed by atoms with van der Waals surface area (Å²) < 4.78 is 0. The van der Waals surface area contributed by atoms with Gasteiger partial charge >= 0.3 is 0 Å². The summed E-state index contributed by atoms with van der Waals surface area (Å²) in [5.41, 5.74) is 1.82. The Balaban J connectivity index is 2.05. The molecular formula is C12H14N2O2. The van der Waals surface area contributed by atoms with Crippen molar-refractivity contribution < 1.29 is 9.90 Å². The Hall–Kier alpha value is -1.97. The lowest BCUT2D eigenvalue weighted by atomic mass is 10.0. The third-order valence-corrected chi connectivity index (χ3v) is 2.55. The zero-order valence-corrected chi connectivity index (χ0v) is 8.86. The molecule has 1 aliphatic rings. The number of benzene rings is 1. The smallest absolute Gasteiger partial charge is 0.243 e. The van der Waals surface area contributed by atoms with E-state index in [9.17, 15) is 4.79 Å². The molecule has 1 amide bonds. The first-order chi connectivity index (χ1) is 7.65. The Morgan fingerprint density at radius 3 is 2.75 bits per heavy atom. The largest absolute Gasteiger partial charge is 0.508 e. The van der Waals surface area contributed by atoms with Crippen LogP contribution in [-0.2, 0) is 11.2 Å². The molecule has 0 spiro atoms. The van der Waals surface area contributed by atoms with E-state index in [4.69, 9.17) is 5.11 Å². The molecule has 3 N–H and O–H groups in total.